The highest BCUT2D eigenvalue weighted by atomic mass is 32.1. The number of rotatable bonds is 3. The van der Waals surface area contributed by atoms with Crippen molar-refractivity contribution in [2.45, 2.75) is 25.3 Å². The summed E-state index contributed by atoms with van der Waals surface area (Å²) < 4.78 is 0. The van der Waals surface area contributed by atoms with Gasteiger partial charge in [0, 0.05) is 20.0 Å². The van der Waals surface area contributed by atoms with E-state index in [4.69, 9.17) is 0 Å². The van der Waals surface area contributed by atoms with Gasteiger partial charge in [-0.15, -0.1) is 35.3 Å². The zero-order chi connectivity index (χ0) is 12.4. The molecule has 1 amide bonds. The van der Waals surface area contributed by atoms with Crippen LogP contribution in [-0.2, 0) is 6.54 Å². The van der Waals surface area contributed by atoms with Crippen molar-refractivity contribution in [3.63, 3.8) is 0 Å². The number of carbonyl (C=O) groups is 1. The maximum Gasteiger partial charge on any atom is 0.261 e. The van der Waals surface area contributed by atoms with Crippen molar-refractivity contribution < 1.29 is 4.79 Å². The van der Waals surface area contributed by atoms with Crippen LogP contribution in [0.15, 0.2) is 22.4 Å². The largest absolute Gasteiger partial charge is 0.346 e. The Kier molecular flexibility index (Phi) is 3.91. The van der Waals surface area contributed by atoms with Crippen LogP contribution in [-0.4, -0.2) is 5.91 Å². The van der Waals surface area contributed by atoms with Crippen LogP contribution in [0.3, 0.4) is 0 Å². The molecule has 2 nitrogen and oxygen atoms in total. The van der Waals surface area contributed by atoms with Crippen molar-refractivity contribution in [3.8, 4) is 0 Å². The molecule has 0 radical (unpaired) electrons. The van der Waals surface area contributed by atoms with E-state index in [1.165, 1.54) is 26.7 Å². The molecule has 2 aromatic rings. The minimum atomic E-state index is -0.0287. The average Bonchev–Trinajstić information content (AvgIpc) is 2.83. The number of hydrogen-bond donors (Lipinski definition) is 2. The summed E-state index contributed by atoms with van der Waals surface area (Å²) in [6, 6.07) is 3.91. The molecule has 0 fully saturated rings. The number of aryl methyl sites for hydroxylation is 2. The van der Waals surface area contributed by atoms with Crippen LogP contribution in [0.1, 0.15) is 25.0 Å². The molecule has 0 atom stereocenters. The van der Waals surface area contributed by atoms with Gasteiger partial charge in [-0.3, -0.25) is 4.79 Å². The van der Waals surface area contributed by atoms with E-state index in [2.05, 4.69) is 37.9 Å². The number of thiophene rings is 2. The lowest BCUT2D eigenvalue weighted by Gasteiger charge is -2.00. The number of amides is 1. The highest BCUT2D eigenvalue weighted by Gasteiger charge is 2.08. The van der Waals surface area contributed by atoms with Crippen LogP contribution in [0.2, 0.25) is 0 Å². The third kappa shape index (κ3) is 3.12. The first-order valence-electron chi connectivity index (χ1n) is 5.18. The van der Waals surface area contributed by atoms with Gasteiger partial charge in [-0.05, 0) is 31.5 Å². The average molecular weight is 283 g/mol. The van der Waals surface area contributed by atoms with Crippen LogP contribution < -0.4 is 5.32 Å². The van der Waals surface area contributed by atoms with Gasteiger partial charge in [-0.2, -0.15) is 0 Å². The van der Waals surface area contributed by atoms with Crippen molar-refractivity contribution in [1.82, 2.24) is 5.32 Å². The van der Waals surface area contributed by atoms with Gasteiger partial charge in [0.2, 0.25) is 0 Å². The van der Waals surface area contributed by atoms with E-state index >= 15 is 0 Å². The first kappa shape index (κ1) is 12.7. The molecule has 0 aliphatic rings. The Hall–Kier alpha value is -0.780. The van der Waals surface area contributed by atoms with E-state index in [0.29, 0.717) is 11.4 Å². The summed E-state index contributed by atoms with van der Waals surface area (Å²) in [4.78, 5) is 15.8. The maximum absolute atomic E-state index is 11.8. The number of nitrogens with one attached hydrogen (secondary N) is 1. The molecule has 0 saturated carbocycles. The molecular formula is C12H13NOS3. The summed E-state index contributed by atoms with van der Waals surface area (Å²) in [7, 11) is 0. The molecule has 17 heavy (non-hydrogen) atoms. The van der Waals surface area contributed by atoms with E-state index < -0.39 is 0 Å². The smallest absolute Gasteiger partial charge is 0.261 e. The lowest BCUT2D eigenvalue weighted by Crippen LogP contribution is -2.21. The van der Waals surface area contributed by atoms with Gasteiger partial charge in [-0.25, -0.2) is 0 Å². The molecule has 0 aromatic carbocycles. The predicted octanol–water partition coefficient (Wildman–Crippen LogP) is 3.65. The van der Waals surface area contributed by atoms with Gasteiger partial charge in [0.15, 0.2) is 0 Å². The molecular weight excluding hydrogens is 270 g/mol. The Morgan fingerprint density at radius 2 is 2.18 bits per heavy atom. The molecule has 90 valence electrons. The fourth-order valence-corrected chi connectivity index (χ4v) is 3.49. The van der Waals surface area contributed by atoms with E-state index in [1.54, 1.807) is 17.4 Å². The minimum absolute atomic E-state index is 0.0287. The zero-order valence-electron chi connectivity index (χ0n) is 9.61. The third-order valence-electron chi connectivity index (χ3n) is 2.45. The number of thiol groups is 1. The van der Waals surface area contributed by atoms with Crippen LogP contribution in [0.5, 0.6) is 0 Å². The summed E-state index contributed by atoms with van der Waals surface area (Å²) >= 11 is 7.33. The molecule has 2 rings (SSSR count). The summed E-state index contributed by atoms with van der Waals surface area (Å²) in [5.41, 5.74) is 1.29. The summed E-state index contributed by atoms with van der Waals surface area (Å²) in [5.74, 6) is -0.0287. The summed E-state index contributed by atoms with van der Waals surface area (Å²) in [5, 5.41) is 4.78. The fraction of sp³-hybridized carbons (Fsp3) is 0.250. The highest BCUT2D eigenvalue weighted by molar-refractivity contribution is 7.80. The second-order valence-electron chi connectivity index (χ2n) is 3.80. The number of hydrogen-bond acceptors (Lipinski definition) is 4. The second-order valence-corrected chi connectivity index (χ2v) is 6.57. The summed E-state index contributed by atoms with van der Waals surface area (Å²) in [6.07, 6.45) is 0. The van der Waals surface area contributed by atoms with E-state index in [9.17, 15) is 4.79 Å². The quantitative estimate of drug-likeness (QED) is 0.827. The maximum atomic E-state index is 11.8. The molecule has 0 saturated heterocycles. The van der Waals surface area contributed by atoms with Crippen LogP contribution in [0.4, 0.5) is 0 Å². The van der Waals surface area contributed by atoms with E-state index in [0.717, 1.165) is 4.90 Å². The van der Waals surface area contributed by atoms with Crippen molar-refractivity contribution in [2.75, 3.05) is 0 Å². The molecule has 2 heterocycles. The van der Waals surface area contributed by atoms with Crippen LogP contribution >= 0.6 is 35.3 Å². The van der Waals surface area contributed by atoms with Crippen molar-refractivity contribution >= 4 is 41.2 Å². The standard InChI is InChI=1S/C12H13NOS3/c1-7-3-10(17-8(7)2)5-13-12(14)11-4-9(15)6-16-11/h3-4,6,15H,5H2,1-2H3,(H,13,14). The first-order valence-corrected chi connectivity index (χ1v) is 7.32. The monoisotopic (exact) mass is 283 g/mol. The summed E-state index contributed by atoms with van der Waals surface area (Å²) in [6.45, 7) is 4.78. The molecule has 0 aliphatic carbocycles. The normalized spacial score (nSPS) is 10.5. The lowest BCUT2D eigenvalue weighted by molar-refractivity contribution is 0.0955. The molecule has 0 unspecified atom stereocenters. The van der Waals surface area contributed by atoms with Gasteiger partial charge in [-0.1, -0.05) is 0 Å². The Morgan fingerprint density at radius 1 is 1.41 bits per heavy atom. The fourth-order valence-electron chi connectivity index (χ4n) is 1.44. The zero-order valence-corrected chi connectivity index (χ0v) is 12.1. The Bertz CT molecular complexity index is 522. The molecule has 5 heteroatoms. The molecule has 2 aromatic heterocycles. The van der Waals surface area contributed by atoms with Crippen LogP contribution in [0.25, 0.3) is 0 Å². The lowest BCUT2D eigenvalue weighted by atomic mass is 10.3. The Balaban J connectivity index is 1.96. The minimum Gasteiger partial charge on any atom is -0.346 e. The molecule has 0 bridgehead atoms. The van der Waals surface area contributed by atoms with Crippen molar-refractivity contribution in [3.05, 3.63) is 37.7 Å². The van der Waals surface area contributed by atoms with Crippen molar-refractivity contribution in [1.29, 1.82) is 0 Å². The topological polar surface area (TPSA) is 29.1 Å². The molecule has 1 N–H and O–H groups in total. The third-order valence-corrected chi connectivity index (χ3v) is 4.96. The highest BCUT2D eigenvalue weighted by Crippen LogP contribution is 2.21. The SMILES string of the molecule is Cc1cc(CNC(=O)c2cc(S)cs2)sc1C. The van der Waals surface area contributed by atoms with Crippen LogP contribution in [0, 0.1) is 13.8 Å². The van der Waals surface area contributed by atoms with Gasteiger partial charge in [0.1, 0.15) is 0 Å². The van der Waals surface area contributed by atoms with Gasteiger partial charge in [0.05, 0.1) is 11.4 Å². The predicted molar refractivity (Wildman–Crippen MR) is 76.5 cm³/mol. The Labute approximate surface area is 114 Å². The van der Waals surface area contributed by atoms with Crippen molar-refractivity contribution in [2.24, 2.45) is 0 Å². The number of carbonyl (C=O) groups excluding carboxylic acids is 1. The van der Waals surface area contributed by atoms with Gasteiger partial charge < -0.3 is 5.32 Å². The van der Waals surface area contributed by atoms with Gasteiger partial charge >= 0.3 is 0 Å². The first-order chi connectivity index (χ1) is 8.06. The Morgan fingerprint density at radius 3 is 2.71 bits per heavy atom. The van der Waals surface area contributed by atoms with E-state index in [1.807, 2.05) is 5.38 Å². The second kappa shape index (κ2) is 5.25. The van der Waals surface area contributed by atoms with E-state index in [-0.39, 0.29) is 5.91 Å². The molecule has 0 aliphatic heterocycles. The van der Waals surface area contributed by atoms with Gasteiger partial charge in [0.25, 0.3) is 5.91 Å². The molecule has 0 spiro atoms.